The fourth-order valence-corrected chi connectivity index (χ4v) is 5.53. The summed E-state index contributed by atoms with van der Waals surface area (Å²) < 4.78 is 6.67. The molecule has 0 aliphatic heterocycles. The number of fused-ring (bicyclic) bond motifs is 5. The van der Waals surface area contributed by atoms with Crippen molar-refractivity contribution in [1.82, 2.24) is 9.97 Å². The van der Waals surface area contributed by atoms with Crippen molar-refractivity contribution in [2.75, 3.05) is 0 Å². The second kappa shape index (κ2) is 9.06. The van der Waals surface area contributed by atoms with Crippen LogP contribution >= 0.6 is 0 Å². The third-order valence-electron chi connectivity index (χ3n) is 7.84. The van der Waals surface area contributed by atoms with Crippen LogP contribution in [0.3, 0.4) is 0 Å². The minimum atomic E-state index is 0.488. The molecule has 0 amide bonds. The van der Waals surface area contributed by atoms with Gasteiger partial charge in [0.2, 0.25) is 0 Å². The summed E-state index contributed by atoms with van der Waals surface area (Å²) in [6.45, 7) is 8.87. The Bertz CT molecular complexity index is 1880. The molecule has 0 aliphatic rings. The van der Waals surface area contributed by atoms with E-state index in [9.17, 15) is 0 Å². The van der Waals surface area contributed by atoms with Gasteiger partial charge in [0, 0.05) is 32.7 Å². The van der Waals surface area contributed by atoms with Crippen LogP contribution in [0.25, 0.3) is 66.3 Å². The van der Waals surface area contributed by atoms with Crippen LogP contribution in [0.15, 0.2) is 101 Å². The first-order chi connectivity index (χ1) is 19.0. The molecule has 7 rings (SSSR count). The van der Waals surface area contributed by atoms with Crippen LogP contribution in [0.5, 0.6) is 0 Å². The molecular weight excluding hydrogens is 476 g/mol. The van der Waals surface area contributed by atoms with E-state index in [0.29, 0.717) is 11.8 Å². The van der Waals surface area contributed by atoms with Gasteiger partial charge in [-0.05, 0) is 71.5 Å². The summed E-state index contributed by atoms with van der Waals surface area (Å²) in [6, 6.07) is 34.3. The number of nitrogens with zero attached hydrogens (tertiary/aromatic N) is 2. The van der Waals surface area contributed by atoms with Gasteiger partial charge in [-0.15, -0.1) is 0 Å². The Hall–Kier alpha value is -4.50. The maximum absolute atomic E-state index is 6.67. The predicted octanol–water partition coefficient (Wildman–Crippen LogP) is 10.3. The van der Waals surface area contributed by atoms with Gasteiger partial charge in [0.1, 0.15) is 11.2 Å². The van der Waals surface area contributed by atoms with Crippen molar-refractivity contribution < 1.29 is 4.42 Å². The van der Waals surface area contributed by atoms with Crippen LogP contribution in [-0.4, -0.2) is 9.97 Å². The molecule has 0 unspecified atom stereocenters. The first kappa shape index (κ1) is 23.6. The molecule has 3 heterocycles. The lowest BCUT2D eigenvalue weighted by atomic mass is 10.00. The SMILES string of the molecule is CC(C)c1ccc2nc(-c3cccc4c3oc3c(-c5ccc6cc(C(C)C)ccc6n5)cccc34)ccc2c1. The lowest BCUT2D eigenvalue weighted by Crippen LogP contribution is -1.90. The highest BCUT2D eigenvalue weighted by atomic mass is 16.3. The molecular formula is C36H30N2O. The van der Waals surface area contributed by atoms with Crippen LogP contribution in [0.2, 0.25) is 0 Å². The van der Waals surface area contributed by atoms with Crippen molar-refractivity contribution in [3.63, 3.8) is 0 Å². The summed E-state index contributed by atoms with van der Waals surface area (Å²) in [5.74, 6) is 0.976. The van der Waals surface area contributed by atoms with E-state index >= 15 is 0 Å². The number of aromatic nitrogens is 2. The van der Waals surface area contributed by atoms with E-state index in [1.807, 2.05) is 0 Å². The number of hydrogen-bond donors (Lipinski definition) is 0. The van der Waals surface area contributed by atoms with Gasteiger partial charge in [-0.2, -0.15) is 0 Å². The Labute approximate surface area is 228 Å². The van der Waals surface area contributed by atoms with Gasteiger partial charge >= 0.3 is 0 Å². The minimum Gasteiger partial charge on any atom is -0.455 e. The third kappa shape index (κ3) is 3.97. The molecule has 0 aliphatic carbocycles. The maximum atomic E-state index is 6.67. The Morgan fingerprint density at radius 3 is 1.41 bits per heavy atom. The Kier molecular flexibility index (Phi) is 5.48. The third-order valence-corrected chi connectivity index (χ3v) is 7.84. The van der Waals surface area contributed by atoms with Crippen molar-refractivity contribution in [1.29, 1.82) is 0 Å². The summed E-state index contributed by atoms with van der Waals surface area (Å²) in [7, 11) is 0. The average Bonchev–Trinajstić information content (AvgIpc) is 3.35. The zero-order chi connectivity index (χ0) is 26.7. The van der Waals surface area contributed by atoms with E-state index in [1.165, 1.54) is 11.1 Å². The summed E-state index contributed by atoms with van der Waals surface area (Å²) in [5.41, 5.74) is 10.2. The topological polar surface area (TPSA) is 38.9 Å². The van der Waals surface area contributed by atoms with E-state index in [1.54, 1.807) is 0 Å². The van der Waals surface area contributed by atoms with Crippen LogP contribution in [0.4, 0.5) is 0 Å². The molecule has 0 saturated heterocycles. The zero-order valence-corrected chi connectivity index (χ0v) is 22.7. The number of furan rings is 1. The quantitative estimate of drug-likeness (QED) is 0.238. The molecule has 4 aromatic carbocycles. The molecule has 3 heteroatoms. The van der Waals surface area contributed by atoms with Crippen molar-refractivity contribution in [2.24, 2.45) is 0 Å². The molecule has 0 radical (unpaired) electrons. The van der Waals surface area contributed by atoms with Crippen LogP contribution in [0, 0.1) is 0 Å². The number of rotatable bonds is 4. The van der Waals surface area contributed by atoms with Gasteiger partial charge in [0.25, 0.3) is 0 Å². The number of benzene rings is 4. The second-order valence-corrected chi connectivity index (χ2v) is 11.1. The summed E-state index contributed by atoms with van der Waals surface area (Å²) >= 11 is 0. The standard InChI is InChI=1S/C36H30N2O/c1-21(2)23-11-15-31-25(19-23)13-17-33(37-31)29-9-5-7-27-28-8-6-10-30(36(28)39-35(27)29)34-18-14-26-20-24(22(3)4)12-16-32(26)38-34/h5-22H,1-4H3. The van der Waals surface area contributed by atoms with E-state index < -0.39 is 0 Å². The highest BCUT2D eigenvalue weighted by Gasteiger charge is 2.17. The molecule has 0 atom stereocenters. The molecule has 0 bridgehead atoms. The van der Waals surface area contributed by atoms with Crippen LogP contribution < -0.4 is 0 Å². The maximum Gasteiger partial charge on any atom is 0.144 e. The fraction of sp³-hybridized carbons (Fsp3) is 0.167. The van der Waals surface area contributed by atoms with Crippen LogP contribution in [-0.2, 0) is 0 Å². The summed E-state index contributed by atoms with van der Waals surface area (Å²) in [4.78, 5) is 10.1. The van der Waals surface area contributed by atoms with Gasteiger partial charge in [0.05, 0.1) is 22.4 Å². The molecule has 0 fully saturated rings. The minimum absolute atomic E-state index is 0.488. The number of pyridine rings is 2. The molecule has 39 heavy (non-hydrogen) atoms. The van der Waals surface area contributed by atoms with E-state index in [-0.39, 0.29) is 0 Å². The van der Waals surface area contributed by atoms with Gasteiger partial charge in [-0.25, -0.2) is 9.97 Å². The van der Waals surface area contributed by atoms with Crippen molar-refractivity contribution in [3.8, 4) is 22.5 Å². The van der Waals surface area contributed by atoms with Gasteiger partial charge in [-0.3, -0.25) is 0 Å². The molecule has 0 N–H and O–H groups in total. The van der Waals surface area contributed by atoms with Crippen molar-refractivity contribution in [3.05, 3.63) is 108 Å². The molecule has 7 aromatic rings. The monoisotopic (exact) mass is 506 g/mol. The Morgan fingerprint density at radius 2 is 0.974 bits per heavy atom. The van der Waals surface area contributed by atoms with E-state index in [0.717, 1.165) is 66.3 Å². The van der Waals surface area contributed by atoms with E-state index in [2.05, 4.69) is 125 Å². The fourth-order valence-electron chi connectivity index (χ4n) is 5.53. The van der Waals surface area contributed by atoms with Crippen LogP contribution in [0.1, 0.15) is 50.7 Å². The highest BCUT2D eigenvalue weighted by Crippen LogP contribution is 2.39. The molecule has 3 nitrogen and oxygen atoms in total. The number of para-hydroxylation sites is 2. The summed E-state index contributed by atoms with van der Waals surface area (Å²) in [5, 5.41) is 4.49. The van der Waals surface area contributed by atoms with Gasteiger partial charge in [0.15, 0.2) is 0 Å². The largest absolute Gasteiger partial charge is 0.455 e. The Balaban J connectivity index is 1.38. The molecule has 0 spiro atoms. The van der Waals surface area contributed by atoms with Gasteiger partial charge in [-0.1, -0.05) is 76.2 Å². The van der Waals surface area contributed by atoms with Crippen molar-refractivity contribution in [2.45, 2.75) is 39.5 Å². The zero-order valence-electron chi connectivity index (χ0n) is 22.7. The van der Waals surface area contributed by atoms with Crippen molar-refractivity contribution >= 4 is 43.7 Å². The smallest absolute Gasteiger partial charge is 0.144 e. The molecule has 0 saturated carbocycles. The second-order valence-electron chi connectivity index (χ2n) is 11.1. The van der Waals surface area contributed by atoms with E-state index in [4.69, 9.17) is 14.4 Å². The highest BCUT2D eigenvalue weighted by molar-refractivity contribution is 6.12. The Morgan fingerprint density at radius 1 is 0.513 bits per heavy atom. The lowest BCUT2D eigenvalue weighted by molar-refractivity contribution is 0.670. The first-order valence-electron chi connectivity index (χ1n) is 13.7. The van der Waals surface area contributed by atoms with Gasteiger partial charge < -0.3 is 4.42 Å². The number of hydrogen-bond acceptors (Lipinski definition) is 3. The summed E-state index contributed by atoms with van der Waals surface area (Å²) in [6.07, 6.45) is 0. The lowest BCUT2D eigenvalue weighted by Gasteiger charge is -2.08. The normalized spacial score (nSPS) is 12.1. The molecule has 190 valence electrons. The predicted molar refractivity (Wildman–Crippen MR) is 163 cm³/mol. The first-order valence-corrected chi connectivity index (χ1v) is 13.7. The average molecular weight is 507 g/mol. The molecule has 3 aromatic heterocycles.